The molecule has 0 unspecified atom stereocenters. The number of nitrogens with one attached hydrogen (secondary N) is 2. The lowest BCUT2D eigenvalue weighted by molar-refractivity contribution is 0.415. The van der Waals surface area contributed by atoms with E-state index in [4.69, 9.17) is 4.74 Å². The van der Waals surface area contributed by atoms with Gasteiger partial charge in [-0.05, 0) is 48.7 Å². The number of aromatic amines is 1. The largest absolute Gasteiger partial charge is 0.497 e. The van der Waals surface area contributed by atoms with Crippen molar-refractivity contribution in [1.82, 2.24) is 20.2 Å². The third-order valence-electron chi connectivity index (χ3n) is 5.48. The first kappa shape index (κ1) is 21.4. The van der Waals surface area contributed by atoms with Crippen LogP contribution in [-0.4, -0.2) is 33.3 Å². The Hall–Kier alpha value is -2.43. The van der Waals surface area contributed by atoms with E-state index >= 15 is 0 Å². The van der Waals surface area contributed by atoms with Gasteiger partial charge >= 0.3 is 0 Å². The van der Waals surface area contributed by atoms with E-state index in [2.05, 4.69) is 25.5 Å². The first-order valence-corrected chi connectivity index (χ1v) is 13.2. The van der Waals surface area contributed by atoms with Crippen LogP contribution in [0.2, 0.25) is 0 Å². The number of methoxy groups -OCH3 is 1. The molecule has 0 atom stereocenters. The van der Waals surface area contributed by atoms with Gasteiger partial charge in [-0.25, -0.2) is 4.98 Å². The van der Waals surface area contributed by atoms with E-state index in [0.29, 0.717) is 22.3 Å². The lowest BCUT2D eigenvalue weighted by Crippen LogP contribution is -2.21. The average molecular weight is 486 g/mol. The number of hydrogen-bond acceptors (Lipinski definition) is 9. The minimum Gasteiger partial charge on any atom is -0.497 e. The van der Waals surface area contributed by atoms with Crippen LogP contribution in [-0.2, 0) is 5.75 Å². The zero-order valence-corrected chi connectivity index (χ0v) is 20.0. The average Bonchev–Trinajstić information content (AvgIpc) is 3.46. The zero-order chi connectivity index (χ0) is 21.9. The van der Waals surface area contributed by atoms with Gasteiger partial charge < -0.3 is 15.0 Å². The normalized spacial score (nSPS) is 14.7. The van der Waals surface area contributed by atoms with Gasteiger partial charge in [-0.15, -0.1) is 21.5 Å². The van der Waals surface area contributed by atoms with Crippen LogP contribution < -0.4 is 15.6 Å². The Morgan fingerprint density at radius 2 is 1.97 bits per heavy atom. The molecular formula is C22H23N5O2S3. The van der Waals surface area contributed by atoms with Crippen LogP contribution in [0.1, 0.15) is 37.9 Å². The molecule has 1 saturated carbocycles. The number of benzene rings is 1. The van der Waals surface area contributed by atoms with Crippen molar-refractivity contribution in [1.29, 1.82) is 0 Å². The topological polar surface area (TPSA) is 92.8 Å². The molecule has 7 nitrogen and oxygen atoms in total. The number of thiophene rings is 1. The number of H-pyrrole nitrogens is 1. The fraction of sp³-hybridized carbons (Fsp3) is 0.364. The van der Waals surface area contributed by atoms with Crippen LogP contribution in [0.15, 0.2) is 39.5 Å². The molecule has 4 aromatic rings. The molecule has 3 aromatic heterocycles. The minimum absolute atomic E-state index is 0.104. The summed E-state index contributed by atoms with van der Waals surface area (Å²) in [6.45, 7) is 0. The van der Waals surface area contributed by atoms with Crippen LogP contribution >= 0.6 is 34.4 Å². The number of ether oxygens (including phenoxy) is 1. The Labute approximate surface area is 197 Å². The van der Waals surface area contributed by atoms with Gasteiger partial charge in [0.2, 0.25) is 5.13 Å². The number of anilines is 1. The van der Waals surface area contributed by atoms with Gasteiger partial charge in [-0.2, -0.15) is 0 Å². The molecule has 0 amide bonds. The monoisotopic (exact) mass is 485 g/mol. The maximum atomic E-state index is 12.6. The summed E-state index contributed by atoms with van der Waals surface area (Å²) in [4.78, 5) is 21.2. The van der Waals surface area contributed by atoms with Gasteiger partial charge in [0, 0.05) is 10.9 Å². The van der Waals surface area contributed by atoms with Crippen molar-refractivity contribution >= 4 is 49.8 Å². The summed E-state index contributed by atoms with van der Waals surface area (Å²) >= 11 is 4.55. The first-order chi connectivity index (χ1) is 15.7. The second kappa shape index (κ2) is 9.60. The van der Waals surface area contributed by atoms with E-state index in [0.717, 1.165) is 31.2 Å². The van der Waals surface area contributed by atoms with Gasteiger partial charge in [0.05, 0.1) is 18.4 Å². The van der Waals surface area contributed by atoms with Crippen molar-refractivity contribution in [3.63, 3.8) is 0 Å². The van der Waals surface area contributed by atoms with Gasteiger partial charge in [0.25, 0.3) is 5.56 Å². The van der Waals surface area contributed by atoms with Gasteiger partial charge in [-0.3, -0.25) is 4.79 Å². The molecular weight excluding hydrogens is 462 g/mol. The van der Waals surface area contributed by atoms with Crippen LogP contribution in [0, 0.1) is 0 Å². The molecule has 10 heteroatoms. The van der Waals surface area contributed by atoms with E-state index < -0.39 is 0 Å². The van der Waals surface area contributed by atoms with E-state index in [1.807, 2.05) is 30.3 Å². The van der Waals surface area contributed by atoms with E-state index in [-0.39, 0.29) is 5.56 Å². The van der Waals surface area contributed by atoms with Gasteiger partial charge in [-0.1, -0.05) is 42.4 Å². The Morgan fingerprint density at radius 3 is 2.75 bits per heavy atom. The van der Waals surface area contributed by atoms with Crippen molar-refractivity contribution in [2.75, 3.05) is 12.4 Å². The molecule has 5 rings (SSSR count). The Balaban J connectivity index is 1.28. The predicted molar refractivity (Wildman–Crippen MR) is 132 cm³/mol. The number of nitrogens with zero attached hydrogens (tertiary/aromatic N) is 3. The van der Waals surface area contributed by atoms with E-state index in [1.54, 1.807) is 30.2 Å². The minimum atomic E-state index is -0.104. The van der Waals surface area contributed by atoms with Crippen LogP contribution in [0.5, 0.6) is 5.75 Å². The number of thioether (sulfide) groups is 1. The summed E-state index contributed by atoms with van der Waals surface area (Å²) in [5, 5.41) is 12.9. The third-order valence-corrected chi connectivity index (χ3v) is 8.65. The second-order valence-electron chi connectivity index (χ2n) is 7.71. The quantitative estimate of drug-likeness (QED) is 0.332. The number of rotatable bonds is 7. The first-order valence-electron chi connectivity index (χ1n) is 10.6. The summed E-state index contributed by atoms with van der Waals surface area (Å²) in [6, 6.07) is 10.3. The van der Waals surface area contributed by atoms with E-state index in [1.165, 1.54) is 43.4 Å². The molecule has 0 bridgehead atoms. The number of aromatic nitrogens is 4. The van der Waals surface area contributed by atoms with Crippen molar-refractivity contribution in [2.24, 2.45) is 0 Å². The highest BCUT2D eigenvalue weighted by atomic mass is 32.2. The summed E-state index contributed by atoms with van der Waals surface area (Å²) in [7, 11) is 1.65. The molecule has 166 valence electrons. The molecule has 0 aliphatic heterocycles. The maximum absolute atomic E-state index is 12.6. The van der Waals surface area contributed by atoms with Gasteiger partial charge in [0.15, 0.2) is 4.34 Å². The van der Waals surface area contributed by atoms with Crippen molar-refractivity contribution in [2.45, 2.75) is 48.2 Å². The number of hydrogen-bond donors (Lipinski definition) is 2. The number of fused-ring (bicyclic) bond motifs is 1. The lowest BCUT2D eigenvalue weighted by Gasteiger charge is -2.21. The molecule has 0 spiro atoms. The Morgan fingerprint density at radius 1 is 1.16 bits per heavy atom. The molecule has 3 heterocycles. The van der Waals surface area contributed by atoms with Crippen molar-refractivity contribution in [3.8, 4) is 16.2 Å². The SMILES string of the molecule is COc1ccc(-c2cc3nc(CSc4nnc(NC5CCCCC5)s4)[nH]c(=O)c3s2)cc1. The zero-order valence-electron chi connectivity index (χ0n) is 17.6. The van der Waals surface area contributed by atoms with Crippen LogP contribution in [0.3, 0.4) is 0 Å². The van der Waals surface area contributed by atoms with Crippen LogP contribution in [0.4, 0.5) is 5.13 Å². The smallest absolute Gasteiger partial charge is 0.268 e. The second-order valence-corrected chi connectivity index (χ2v) is 11.0. The highest BCUT2D eigenvalue weighted by Gasteiger charge is 2.16. The highest BCUT2D eigenvalue weighted by molar-refractivity contribution is 8.00. The van der Waals surface area contributed by atoms with Crippen LogP contribution in [0.25, 0.3) is 20.7 Å². The molecule has 32 heavy (non-hydrogen) atoms. The Bertz CT molecular complexity index is 1260. The summed E-state index contributed by atoms with van der Waals surface area (Å²) in [6.07, 6.45) is 6.29. The molecule has 1 aliphatic rings. The standard InChI is InChI=1S/C22H23N5O2S3/c1-29-15-9-7-13(8-10-15)17-11-16-19(31-17)20(28)25-18(24-16)12-30-22-27-26-21(32-22)23-14-5-3-2-4-6-14/h7-11,14H,2-6,12H2,1H3,(H,23,26)(H,24,25,28). The fourth-order valence-electron chi connectivity index (χ4n) is 3.83. The van der Waals surface area contributed by atoms with Crippen molar-refractivity contribution in [3.05, 3.63) is 46.5 Å². The van der Waals surface area contributed by atoms with Crippen molar-refractivity contribution < 1.29 is 4.74 Å². The molecule has 0 saturated heterocycles. The molecule has 1 fully saturated rings. The predicted octanol–water partition coefficient (Wildman–Crippen LogP) is 5.55. The van der Waals surface area contributed by atoms with Gasteiger partial charge in [0.1, 0.15) is 16.3 Å². The summed E-state index contributed by atoms with van der Waals surface area (Å²) < 4.78 is 6.73. The third kappa shape index (κ3) is 4.82. The molecule has 1 aromatic carbocycles. The lowest BCUT2D eigenvalue weighted by atomic mass is 9.96. The molecule has 0 radical (unpaired) electrons. The molecule has 2 N–H and O–H groups in total. The summed E-state index contributed by atoms with van der Waals surface area (Å²) in [5.41, 5.74) is 1.65. The Kier molecular flexibility index (Phi) is 6.42. The van der Waals surface area contributed by atoms with E-state index in [9.17, 15) is 4.79 Å². The molecule has 1 aliphatic carbocycles. The maximum Gasteiger partial charge on any atom is 0.268 e. The summed E-state index contributed by atoms with van der Waals surface area (Å²) in [5.74, 6) is 1.99. The highest BCUT2D eigenvalue weighted by Crippen LogP contribution is 2.33. The fourth-order valence-corrected chi connectivity index (χ4v) is 6.53.